The summed E-state index contributed by atoms with van der Waals surface area (Å²) < 4.78 is 12.1. The Hall–Kier alpha value is -2.83. The van der Waals surface area contributed by atoms with Crippen LogP contribution in [-0.2, 0) is 14.3 Å². The number of methoxy groups -OCH3 is 1. The molecule has 0 bridgehead atoms. The van der Waals surface area contributed by atoms with E-state index in [1.165, 1.54) is 30.8 Å². The smallest absolute Gasteiger partial charge is 0.346 e. The van der Waals surface area contributed by atoms with Gasteiger partial charge in [0.1, 0.15) is 0 Å². The van der Waals surface area contributed by atoms with E-state index < -0.39 is 12.1 Å². The van der Waals surface area contributed by atoms with Crippen LogP contribution in [0.4, 0.5) is 11.1 Å². The standard InChI is InChI=1S/C21H23BrN6O4S/c1-13(19(30)31-2)32-15-10-23-20(24-11-15)28-7-5-27(6-8-28)12-18(29)26-21-25-16-4-3-14(22)9-17(16)33-21/h3-4,9-11,13H,5-8,12H2,1-2H3,(H,25,26,29). The second-order valence-electron chi connectivity index (χ2n) is 7.44. The first-order valence-corrected chi connectivity index (χ1v) is 11.9. The molecule has 1 saturated heterocycles. The molecular formula is C21H23BrN6O4S. The molecular weight excluding hydrogens is 512 g/mol. The highest BCUT2D eigenvalue weighted by Gasteiger charge is 2.22. The van der Waals surface area contributed by atoms with Gasteiger partial charge >= 0.3 is 5.97 Å². The van der Waals surface area contributed by atoms with Gasteiger partial charge in [-0.2, -0.15) is 0 Å². The van der Waals surface area contributed by atoms with Gasteiger partial charge < -0.3 is 19.7 Å². The summed E-state index contributed by atoms with van der Waals surface area (Å²) in [6.45, 7) is 4.71. The Morgan fingerprint density at radius 3 is 2.64 bits per heavy atom. The number of amides is 1. The number of piperazine rings is 1. The van der Waals surface area contributed by atoms with Crippen LogP contribution in [0.3, 0.4) is 0 Å². The Morgan fingerprint density at radius 2 is 1.94 bits per heavy atom. The summed E-state index contributed by atoms with van der Waals surface area (Å²) in [5.41, 5.74) is 0.864. The number of esters is 1. The third-order valence-electron chi connectivity index (χ3n) is 5.08. The van der Waals surface area contributed by atoms with Crippen LogP contribution in [0.25, 0.3) is 10.2 Å². The molecule has 0 spiro atoms. The van der Waals surface area contributed by atoms with Gasteiger partial charge in [-0.15, -0.1) is 0 Å². The fourth-order valence-electron chi connectivity index (χ4n) is 3.37. The van der Waals surface area contributed by atoms with E-state index in [1.54, 1.807) is 6.92 Å². The number of carbonyl (C=O) groups is 2. The summed E-state index contributed by atoms with van der Waals surface area (Å²) in [5, 5.41) is 3.50. The van der Waals surface area contributed by atoms with Crippen LogP contribution in [0.15, 0.2) is 35.1 Å². The maximum Gasteiger partial charge on any atom is 0.346 e. The van der Waals surface area contributed by atoms with Crippen LogP contribution >= 0.6 is 27.3 Å². The lowest BCUT2D eigenvalue weighted by atomic mass is 10.3. The molecule has 1 aromatic carbocycles. The molecule has 4 rings (SSSR count). The molecule has 1 unspecified atom stereocenters. The fraction of sp³-hybridized carbons (Fsp3) is 0.381. The number of aromatic nitrogens is 3. The molecule has 12 heteroatoms. The number of fused-ring (bicyclic) bond motifs is 1. The molecule has 33 heavy (non-hydrogen) atoms. The van der Waals surface area contributed by atoms with Gasteiger partial charge in [-0.1, -0.05) is 27.3 Å². The van der Waals surface area contributed by atoms with E-state index in [-0.39, 0.29) is 5.91 Å². The maximum atomic E-state index is 12.5. The first-order chi connectivity index (χ1) is 15.9. The molecule has 10 nitrogen and oxygen atoms in total. The monoisotopic (exact) mass is 534 g/mol. The minimum absolute atomic E-state index is 0.0842. The van der Waals surface area contributed by atoms with Crippen molar-refractivity contribution < 1.29 is 19.1 Å². The molecule has 1 amide bonds. The van der Waals surface area contributed by atoms with Crippen LogP contribution in [-0.4, -0.2) is 77.7 Å². The van der Waals surface area contributed by atoms with E-state index in [2.05, 4.69) is 45.8 Å². The predicted molar refractivity (Wildman–Crippen MR) is 129 cm³/mol. The molecule has 1 atom stereocenters. The van der Waals surface area contributed by atoms with Crippen molar-refractivity contribution >= 4 is 60.4 Å². The van der Waals surface area contributed by atoms with Gasteiger partial charge in [-0.25, -0.2) is 19.7 Å². The van der Waals surface area contributed by atoms with Crippen LogP contribution in [0.5, 0.6) is 5.75 Å². The normalized spacial score (nSPS) is 15.3. The number of nitrogens with zero attached hydrogens (tertiary/aromatic N) is 5. The third kappa shape index (κ3) is 5.95. The van der Waals surface area contributed by atoms with Gasteiger partial charge in [0, 0.05) is 30.7 Å². The van der Waals surface area contributed by atoms with Crippen molar-refractivity contribution in [1.29, 1.82) is 0 Å². The zero-order chi connectivity index (χ0) is 23.4. The largest absolute Gasteiger partial charge is 0.476 e. The van der Waals surface area contributed by atoms with E-state index in [0.717, 1.165) is 14.7 Å². The Kier molecular flexibility index (Phi) is 7.36. The zero-order valence-corrected chi connectivity index (χ0v) is 20.6. The number of anilines is 2. The predicted octanol–water partition coefficient (Wildman–Crippen LogP) is 2.55. The van der Waals surface area contributed by atoms with Gasteiger partial charge in [0.15, 0.2) is 17.0 Å². The minimum Gasteiger partial charge on any atom is -0.476 e. The number of ether oxygens (including phenoxy) is 2. The number of halogens is 1. The lowest BCUT2D eigenvalue weighted by Gasteiger charge is -2.34. The summed E-state index contributed by atoms with van der Waals surface area (Å²) in [7, 11) is 1.31. The number of nitrogens with one attached hydrogen (secondary N) is 1. The van der Waals surface area contributed by atoms with Gasteiger partial charge in [-0.3, -0.25) is 9.69 Å². The number of thiazole rings is 1. The third-order valence-corrected chi connectivity index (χ3v) is 6.51. The van der Waals surface area contributed by atoms with Crippen molar-refractivity contribution in [2.75, 3.05) is 50.1 Å². The maximum absolute atomic E-state index is 12.5. The molecule has 1 aliphatic rings. The Labute approximate surface area is 203 Å². The molecule has 3 aromatic rings. The summed E-state index contributed by atoms with van der Waals surface area (Å²) in [5.74, 6) is 0.432. The molecule has 0 aliphatic carbocycles. The lowest BCUT2D eigenvalue weighted by Crippen LogP contribution is -2.49. The second-order valence-corrected chi connectivity index (χ2v) is 9.39. The Bertz CT molecular complexity index is 1130. The lowest BCUT2D eigenvalue weighted by molar-refractivity contribution is -0.147. The van der Waals surface area contributed by atoms with Crippen molar-refractivity contribution in [3.63, 3.8) is 0 Å². The number of hydrogen-bond acceptors (Lipinski definition) is 10. The van der Waals surface area contributed by atoms with Gasteiger partial charge in [0.2, 0.25) is 11.9 Å². The van der Waals surface area contributed by atoms with Crippen LogP contribution in [0, 0.1) is 0 Å². The summed E-state index contributed by atoms with van der Waals surface area (Å²) >= 11 is 4.90. The first kappa shape index (κ1) is 23.3. The highest BCUT2D eigenvalue weighted by Crippen LogP contribution is 2.28. The highest BCUT2D eigenvalue weighted by molar-refractivity contribution is 9.10. The van der Waals surface area contributed by atoms with Crippen molar-refractivity contribution in [1.82, 2.24) is 19.9 Å². The zero-order valence-electron chi connectivity index (χ0n) is 18.2. The first-order valence-electron chi connectivity index (χ1n) is 10.3. The average molecular weight is 535 g/mol. The second kappa shape index (κ2) is 10.4. The summed E-state index contributed by atoms with van der Waals surface area (Å²) in [6, 6.07) is 5.84. The van der Waals surface area contributed by atoms with Crippen LogP contribution in [0.2, 0.25) is 0 Å². The number of hydrogen-bond donors (Lipinski definition) is 1. The van der Waals surface area contributed by atoms with E-state index in [9.17, 15) is 9.59 Å². The summed E-state index contributed by atoms with van der Waals surface area (Å²) in [4.78, 5) is 41.2. The van der Waals surface area contributed by atoms with Crippen molar-refractivity contribution in [3.05, 3.63) is 35.1 Å². The van der Waals surface area contributed by atoms with Crippen LogP contribution < -0.4 is 15.0 Å². The molecule has 1 aliphatic heterocycles. The molecule has 1 N–H and O–H groups in total. The van der Waals surface area contributed by atoms with E-state index >= 15 is 0 Å². The van der Waals surface area contributed by atoms with E-state index in [1.807, 2.05) is 23.1 Å². The van der Waals surface area contributed by atoms with Crippen molar-refractivity contribution in [2.24, 2.45) is 0 Å². The van der Waals surface area contributed by atoms with E-state index in [4.69, 9.17) is 4.74 Å². The molecule has 0 saturated carbocycles. The molecule has 0 radical (unpaired) electrons. The minimum atomic E-state index is -0.733. The Morgan fingerprint density at radius 1 is 1.21 bits per heavy atom. The average Bonchev–Trinajstić information content (AvgIpc) is 3.20. The van der Waals surface area contributed by atoms with E-state index in [0.29, 0.717) is 49.6 Å². The topological polar surface area (TPSA) is 110 Å². The quantitative estimate of drug-likeness (QED) is 0.457. The number of benzene rings is 1. The van der Waals surface area contributed by atoms with Crippen molar-refractivity contribution in [3.8, 4) is 5.75 Å². The SMILES string of the molecule is COC(=O)C(C)Oc1cnc(N2CCN(CC(=O)Nc3nc4ccc(Br)cc4s3)CC2)nc1. The van der Waals surface area contributed by atoms with Gasteiger partial charge in [0.25, 0.3) is 0 Å². The Balaban J connectivity index is 1.25. The molecule has 1 fully saturated rings. The highest BCUT2D eigenvalue weighted by atomic mass is 79.9. The summed E-state index contributed by atoms with van der Waals surface area (Å²) in [6.07, 6.45) is 2.35. The van der Waals surface area contributed by atoms with Crippen LogP contribution in [0.1, 0.15) is 6.92 Å². The van der Waals surface area contributed by atoms with Gasteiger partial charge in [-0.05, 0) is 25.1 Å². The van der Waals surface area contributed by atoms with Gasteiger partial charge in [0.05, 0.1) is 36.3 Å². The fourth-order valence-corrected chi connectivity index (χ4v) is 4.81. The molecule has 2 aromatic heterocycles. The van der Waals surface area contributed by atoms with Crippen molar-refractivity contribution in [2.45, 2.75) is 13.0 Å². The number of rotatable bonds is 7. The number of carbonyl (C=O) groups excluding carboxylic acids is 2. The molecule has 174 valence electrons. The molecule has 3 heterocycles.